The van der Waals surface area contributed by atoms with Gasteiger partial charge in [-0.2, -0.15) is 13.2 Å². The summed E-state index contributed by atoms with van der Waals surface area (Å²) < 4.78 is 42.4. The molecule has 0 saturated carbocycles. The van der Waals surface area contributed by atoms with E-state index >= 15 is 0 Å². The number of alkyl halides is 3. The summed E-state index contributed by atoms with van der Waals surface area (Å²) in [5.41, 5.74) is -0.0872. The molecule has 0 radical (unpaired) electrons. The number of nitrogens with zero attached hydrogens (tertiary/aromatic N) is 5. The SMILES string of the molecule is CC(Sc1nncn1C)c1cc(NC[C@H](C)O)nc(N2Cc3c(cccc3C(F)(F)F)C2=O)c1. The van der Waals surface area contributed by atoms with Crippen molar-refractivity contribution in [1.29, 1.82) is 0 Å². The number of fused-ring (bicyclic) bond motifs is 1. The van der Waals surface area contributed by atoms with Gasteiger partial charge < -0.3 is 15.0 Å². The third-order valence-electron chi connectivity index (χ3n) is 5.38. The molecule has 1 amide bonds. The number of rotatable bonds is 7. The number of carbonyl (C=O) groups excluding carboxylic acids is 1. The monoisotopic (exact) mass is 492 g/mol. The number of nitrogens with one attached hydrogen (secondary N) is 1. The Morgan fingerprint density at radius 1 is 1.26 bits per heavy atom. The van der Waals surface area contributed by atoms with Crippen molar-refractivity contribution in [3.8, 4) is 0 Å². The minimum atomic E-state index is -4.57. The van der Waals surface area contributed by atoms with Gasteiger partial charge in [-0.15, -0.1) is 10.2 Å². The van der Waals surface area contributed by atoms with Crippen molar-refractivity contribution in [2.75, 3.05) is 16.8 Å². The van der Waals surface area contributed by atoms with E-state index in [2.05, 4.69) is 20.5 Å². The summed E-state index contributed by atoms with van der Waals surface area (Å²) >= 11 is 1.44. The summed E-state index contributed by atoms with van der Waals surface area (Å²) in [4.78, 5) is 18.8. The number of hydrogen-bond donors (Lipinski definition) is 2. The van der Waals surface area contributed by atoms with E-state index in [1.165, 1.54) is 28.8 Å². The summed E-state index contributed by atoms with van der Waals surface area (Å²) in [6.45, 7) is 3.54. The van der Waals surface area contributed by atoms with E-state index in [1.54, 1.807) is 30.0 Å². The topological polar surface area (TPSA) is 96.2 Å². The molecule has 4 rings (SSSR count). The fourth-order valence-corrected chi connectivity index (χ4v) is 4.54. The van der Waals surface area contributed by atoms with Crippen LogP contribution in [0.15, 0.2) is 41.8 Å². The molecule has 0 saturated heterocycles. The van der Waals surface area contributed by atoms with Crippen molar-refractivity contribution in [2.45, 2.75) is 43.1 Å². The number of aromatic nitrogens is 4. The molecule has 0 bridgehead atoms. The van der Waals surface area contributed by atoms with Crippen molar-refractivity contribution in [3.05, 3.63) is 58.9 Å². The average molecular weight is 493 g/mol. The molecule has 1 aliphatic heterocycles. The van der Waals surface area contributed by atoms with E-state index in [-0.39, 0.29) is 35.3 Å². The van der Waals surface area contributed by atoms with Gasteiger partial charge in [0.15, 0.2) is 5.16 Å². The van der Waals surface area contributed by atoms with Crippen LogP contribution in [0.5, 0.6) is 0 Å². The van der Waals surface area contributed by atoms with Gasteiger partial charge in [-0.3, -0.25) is 9.69 Å². The molecule has 1 aliphatic rings. The summed E-state index contributed by atoms with van der Waals surface area (Å²) in [5.74, 6) is 0.0878. The molecule has 3 aromatic rings. The van der Waals surface area contributed by atoms with Gasteiger partial charge in [-0.05, 0) is 49.2 Å². The van der Waals surface area contributed by atoms with E-state index in [4.69, 9.17) is 0 Å². The Hall–Kier alpha value is -3.12. The molecule has 2 N–H and O–H groups in total. The maximum absolute atomic E-state index is 13.5. The highest BCUT2D eigenvalue weighted by Crippen LogP contribution is 2.40. The Kier molecular flexibility index (Phi) is 6.54. The average Bonchev–Trinajstić information content (AvgIpc) is 3.34. The third kappa shape index (κ3) is 4.87. The molecule has 1 aromatic carbocycles. The Morgan fingerprint density at radius 2 is 2.03 bits per heavy atom. The zero-order valence-electron chi connectivity index (χ0n) is 18.7. The zero-order valence-corrected chi connectivity index (χ0v) is 19.5. The summed E-state index contributed by atoms with van der Waals surface area (Å²) in [6.07, 6.45) is -3.63. The summed E-state index contributed by atoms with van der Waals surface area (Å²) in [6, 6.07) is 7.10. The number of aryl methyl sites for hydroxylation is 1. The molecule has 2 aromatic heterocycles. The highest BCUT2D eigenvalue weighted by molar-refractivity contribution is 7.99. The van der Waals surface area contributed by atoms with Crippen LogP contribution in [0.2, 0.25) is 0 Å². The van der Waals surface area contributed by atoms with Crippen LogP contribution in [0.25, 0.3) is 0 Å². The Morgan fingerprint density at radius 3 is 2.68 bits per heavy atom. The van der Waals surface area contributed by atoms with Crippen LogP contribution in [0, 0.1) is 0 Å². The normalized spacial score (nSPS) is 15.4. The van der Waals surface area contributed by atoms with Crippen LogP contribution in [0.4, 0.5) is 24.8 Å². The Labute approximate surface area is 198 Å². The van der Waals surface area contributed by atoms with Gasteiger partial charge in [0.2, 0.25) is 0 Å². The van der Waals surface area contributed by atoms with Gasteiger partial charge in [0.25, 0.3) is 5.91 Å². The second-order valence-corrected chi connectivity index (χ2v) is 9.39. The largest absolute Gasteiger partial charge is 0.416 e. The van der Waals surface area contributed by atoms with E-state index in [0.717, 1.165) is 11.6 Å². The second-order valence-electron chi connectivity index (χ2n) is 8.08. The quantitative estimate of drug-likeness (QED) is 0.481. The van der Waals surface area contributed by atoms with Crippen LogP contribution in [0.3, 0.4) is 0 Å². The van der Waals surface area contributed by atoms with Crippen molar-refractivity contribution >= 4 is 29.3 Å². The van der Waals surface area contributed by atoms with Crippen LogP contribution >= 0.6 is 11.8 Å². The summed E-state index contributed by atoms with van der Waals surface area (Å²) in [5, 5.41) is 21.2. The van der Waals surface area contributed by atoms with E-state index in [9.17, 15) is 23.1 Å². The molecule has 34 heavy (non-hydrogen) atoms. The third-order valence-corrected chi connectivity index (χ3v) is 6.59. The molecule has 1 unspecified atom stereocenters. The van der Waals surface area contributed by atoms with Crippen molar-refractivity contribution in [2.24, 2.45) is 7.05 Å². The molecule has 0 fully saturated rings. The molecule has 0 aliphatic carbocycles. The Bertz CT molecular complexity index is 1210. The smallest absolute Gasteiger partial charge is 0.392 e. The molecule has 8 nitrogen and oxygen atoms in total. The first-order valence-corrected chi connectivity index (χ1v) is 11.4. The zero-order chi connectivity index (χ0) is 24.6. The van der Waals surface area contributed by atoms with Crippen molar-refractivity contribution in [1.82, 2.24) is 19.7 Å². The standard InChI is InChI=1S/C22H23F3N6O2S/c1-12(32)9-26-18-7-14(13(2)34-21-29-27-11-30(21)3)8-19(28-18)31-10-16-15(20(31)33)5-4-6-17(16)22(23,24)25/h4-8,11-13,32H,9-10H2,1-3H3,(H,26,28)/t12-,13?/m0/s1. The second kappa shape index (κ2) is 9.26. The number of aliphatic hydroxyl groups excluding tert-OH is 1. The fraction of sp³-hybridized carbons (Fsp3) is 0.364. The number of benzene rings is 1. The number of carbonyl (C=O) groups is 1. The van der Waals surface area contributed by atoms with Crippen LogP contribution in [0.1, 0.15) is 46.1 Å². The Balaban J connectivity index is 1.70. The number of thioether (sulfide) groups is 1. The lowest BCUT2D eigenvalue weighted by molar-refractivity contribution is -0.138. The minimum absolute atomic E-state index is 0.0158. The maximum atomic E-state index is 13.5. The van der Waals surface area contributed by atoms with Gasteiger partial charge in [-0.1, -0.05) is 17.8 Å². The molecule has 3 heterocycles. The highest BCUT2D eigenvalue weighted by atomic mass is 32.2. The number of halogens is 3. The molecule has 2 atom stereocenters. The lowest BCUT2D eigenvalue weighted by Crippen LogP contribution is -2.25. The van der Waals surface area contributed by atoms with Gasteiger partial charge >= 0.3 is 6.18 Å². The first-order valence-electron chi connectivity index (χ1n) is 10.5. The van der Waals surface area contributed by atoms with E-state index in [0.29, 0.717) is 11.0 Å². The van der Waals surface area contributed by atoms with E-state index < -0.39 is 23.8 Å². The molecule has 180 valence electrons. The number of amides is 1. The first-order chi connectivity index (χ1) is 16.0. The lowest BCUT2D eigenvalue weighted by Gasteiger charge is -2.20. The fourth-order valence-electron chi connectivity index (χ4n) is 3.64. The first kappa shape index (κ1) is 24.0. The van der Waals surface area contributed by atoms with Crippen molar-refractivity contribution < 1.29 is 23.1 Å². The van der Waals surface area contributed by atoms with Gasteiger partial charge in [0, 0.05) is 24.4 Å². The van der Waals surface area contributed by atoms with E-state index in [1.807, 2.05) is 14.0 Å². The highest BCUT2D eigenvalue weighted by Gasteiger charge is 2.40. The van der Waals surface area contributed by atoms with Crippen LogP contribution in [-0.2, 0) is 19.8 Å². The molecular weight excluding hydrogens is 469 g/mol. The number of aliphatic hydroxyl groups is 1. The lowest BCUT2D eigenvalue weighted by atomic mass is 10.0. The number of hydrogen-bond acceptors (Lipinski definition) is 7. The molecular formula is C22H23F3N6O2S. The number of anilines is 2. The molecule has 0 spiro atoms. The summed E-state index contributed by atoms with van der Waals surface area (Å²) in [7, 11) is 1.82. The van der Waals surface area contributed by atoms with Gasteiger partial charge in [0.05, 0.1) is 18.2 Å². The maximum Gasteiger partial charge on any atom is 0.416 e. The van der Waals surface area contributed by atoms with Crippen molar-refractivity contribution in [3.63, 3.8) is 0 Å². The van der Waals surface area contributed by atoms with Gasteiger partial charge in [0.1, 0.15) is 18.0 Å². The number of pyridine rings is 1. The van der Waals surface area contributed by atoms with Crippen LogP contribution in [-0.4, -0.2) is 43.4 Å². The predicted octanol–water partition coefficient (Wildman–Crippen LogP) is 4.04. The van der Waals surface area contributed by atoms with Crippen LogP contribution < -0.4 is 10.2 Å². The van der Waals surface area contributed by atoms with Gasteiger partial charge in [-0.25, -0.2) is 4.98 Å². The minimum Gasteiger partial charge on any atom is -0.392 e. The molecule has 12 heteroatoms. The predicted molar refractivity (Wildman–Crippen MR) is 122 cm³/mol.